The highest BCUT2D eigenvalue weighted by atomic mass is 32.1. The van der Waals surface area contributed by atoms with Crippen molar-refractivity contribution < 1.29 is 8.78 Å². The van der Waals surface area contributed by atoms with Crippen LogP contribution in [0.1, 0.15) is 5.69 Å². The molecule has 3 rings (SSSR count). The molecule has 0 saturated carbocycles. The quantitative estimate of drug-likeness (QED) is 0.801. The lowest BCUT2D eigenvalue weighted by atomic mass is 10.1. The minimum Gasteiger partial charge on any atom is -0.330 e. The van der Waals surface area contributed by atoms with Crippen molar-refractivity contribution in [3.63, 3.8) is 0 Å². The molecule has 0 aliphatic carbocycles. The molecule has 3 nitrogen and oxygen atoms in total. The van der Waals surface area contributed by atoms with Gasteiger partial charge in [0, 0.05) is 29.3 Å². The van der Waals surface area contributed by atoms with Gasteiger partial charge in [-0.25, -0.2) is 13.8 Å². The Kier molecular flexibility index (Phi) is 3.04. The van der Waals surface area contributed by atoms with E-state index >= 15 is 0 Å². The number of hydrogen-bond acceptors (Lipinski definition) is 3. The Hall–Kier alpha value is -1.79. The minimum atomic E-state index is -0.479. The number of rotatable bonds is 3. The molecule has 0 saturated heterocycles. The van der Waals surface area contributed by atoms with Gasteiger partial charge in [-0.05, 0) is 24.7 Å². The van der Waals surface area contributed by atoms with Crippen LogP contribution in [-0.2, 0) is 6.42 Å². The Bertz CT molecular complexity index is 733. The largest absolute Gasteiger partial charge is 0.330 e. The number of thiazole rings is 1. The first-order valence-electron chi connectivity index (χ1n) is 5.80. The van der Waals surface area contributed by atoms with Gasteiger partial charge in [-0.3, -0.25) is 4.40 Å². The van der Waals surface area contributed by atoms with E-state index in [0.29, 0.717) is 12.2 Å². The fourth-order valence-corrected chi connectivity index (χ4v) is 2.89. The van der Waals surface area contributed by atoms with Crippen molar-refractivity contribution in [1.29, 1.82) is 0 Å². The molecule has 1 aromatic carbocycles. The van der Waals surface area contributed by atoms with Crippen LogP contribution in [0.3, 0.4) is 0 Å². The molecule has 0 atom stereocenters. The van der Waals surface area contributed by atoms with Crippen LogP contribution in [0.15, 0.2) is 29.8 Å². The Balaban J connectivity index is 2.12. The van der Waals surface area contributed by atoms with Crippen molar-refractivity contribution in [2.75, 3.05) is 6.54 Å². The summed E-state index contributed by atoms with van der Waals surface area (Å²) in [5, 5.41) is 1.97. The van der Waals surface area contributed by atoms with Crippen molar-refractivity contribution in [2.45, 2.75) is 6.42 Å². The van der Waals surface area contributed by atoms with Gasteiger partial charge in [0.05, 0.1) is 5.69 Å². The number of nitrogens with two attached hydrogens (primary N) is 1. The van der Waals surface area contributed by atoms with E-state index < -0.39 is 11.6 Å². The molecule has 19 heavy (non-hydrogen) atoms. The van der Waals surface area contributed by atoms with Crippen molar-refractivity contribution in [3.05, 3.63) is 47.1 Å². The Morgan fingerprint density at radius 2 is 2.16 bits per heavy atom. The van der Waals surface area contributed by atoms with Crippen LogP contribution in [0.2, 0.25) is 0 Å². The molecule has 2 N–H and O–H groups in total. The summed E-state index contributed by atoms with van der Waals surface area (Å²) in [6.45, 7) is 0.535. The molecule has 98 valence electrons. The van der Waals surface area contributed by atoms with Crippen LogP contribution in [0.5, 0.6) is 0 Å². The first-order valence-corrected chi connectivity index (χ1v) is 6.68. The molecule has 2 heterocycles. The maximum absolute atomic E-state index is 13.7. The average molecular weight is 279 g/mol. The molecule has 0 radical (unpaired) electrons. The molecule has 6 heteroatoms. The summed E-state index contributed by atoms with van der Waals surface area (Å²) in [7, 11) is 0. The number of nitrogens with zero attached hydrogens (tertiary/aromatic N) is 2. The van der Waals surface area contributed by atoms with E-state index in [2.05, 4.69) is 4.98 Å². The summed E-state index contributed by atoms with van der Waals surface area (Å²) in [5.74, 6) is -0.956. The van der Waals surface area contributed by atoms with Gasteiger partial charge in [-0.15, -0.1) is 11.3 Å². The number of aromatic nitrogens is 2. The molecule has 0 bridgehead atoms. The van der Waals surface area contributed by atoms with Crippen molar-refractivity contribution >= 4 is 16.3 Å². The number of fused-ring (bicyclic) bond motifs is 1. The van der Waals surface area contributed by atoms with Gasteiger partial charge < -0.3 is 5.73 Å². The smallest absolute Gasteiger partial charge is 0.194 e. The summed E-state index contributed by atoms with van der Waals surface area (Å²) in [6, 6.07) is 3.36. The van der Waals surface area contributed by atoms with E-state index in [9.17, 15) is 8.78 Å². The van der Waals surface area contributed by atoms with Gasteiger partial charge in [0.25, 0.3) is 0 Å². The SMILES string of the molecule is NCCc1csc2nc(-c3cc(F)ccc3F)cn12. The summed E-state index contributed by atoms with van der Waals surface area (Å²) in [6.07, 6.45) is 2.44. The second kappa shape index (κ2) is 4.71. The first kappa shape index (κ1) is 12.3. The van der Waals surface area contributed by atoms with Crippen molar-refractivity contribution in [1.82, 2.24) is 9.38 Å². The van der Waals surface area contributed by atoms with E-state index in [0.717, 1.165) is 35.3 Å². The molecule has 0 unspecified atom stereocenters. The fourth-order valence-electron chi connectivity index (χ4n) is 1.98. The van der Waals surface area contributed by atoms with Gasteiger partial charge >= 0.3 is 0 Å². The van der Waals surface area contributed by atoms with E-state index in [1.807, 2.05) is 9.78 Å². The summed E-state index contributed by atoms with van der Waals surface area (Å²) < 4.78 is 28.8. The van der Waals surface area contributed by atoms with E-state index in [1.165, 1.54) is 11.3 Å². The normalized spacial score (nSPS) is 11.3. The molecular formula is C13H11F2N3S. The van der Waals surface area contributed by atoms with Gasteiger partial charge in [-0.1, -0.05) is 0 Å². The molecule has 2 aromatic heterocycles. The monoisotopic (exact) mass is 279 g/mol. The van der Waals surface area contributed by atoms with E-state index in [1.54, 1.807) is 6.20 Å². The number of imidazole rings is 1. The highest BCUT2D eigenvalue weighted by molar-refractivity contribution is 7.15. The highest BCUT2D eigenvalue weighted by Gasteiger charge is 2.13. The lowest BCUT2D eigenvalue weighted by Crippen LogP contribution is -2.04. The lowest BCUT2D eigenvalue weighted by molar-refractivity contribution is 0.603. The van der Waals surface area contributed by atoms with Crippen LogP contribution in [0.4, 0.5) is 8.78 Å². The molecule has 3 aromatic rings. The Morgan fingerprint density at radius 1 is 1.32 bits per heavy atom. The topological polar surface area (TPSA) is 43.3 Å². The van der Waals surface area contributed by atoms with Crippen molar-refractivity contribution in [2.24, 2.45) is 5.73 Å². The van der Waals surface area contributed by atoms with Gasteiger partial charge in [0.1, 0.15) is 11.6 Å². The zero-order valence-electron chi connectivity index (χ0n) is 9.94. The van der Waals surface area contributed by atoms with Gasteiger partial charge in [0.2, 0.25) is 0 Å². The lowest BCUT2D eigenvalue weighted by Gasteiger charge is -1.99. The molecule has 0 aliphatic rings. The zero-order valence-corrected chi connectivity index (χ0v) is 10.8. The fraction of sp³-hybridized carbons (Fsp3) is 0.154. The molecular weight excluding hydrogens is 268 g/mol. The zero-order chi connectivity index (χ0) is 13.4. The summed E-state index contributed by atoms with van der Waals surface area (Å²) in [5.41, 5.74) is 7.17. The van der Waals surface area contributed by atoms with E-state index in [4.69, 9.17) is 5.73 Å². The summed E-state index contributed by atoms with van der Waals surface area (Å²) in [4.78, 5) is 5.07. The minimum absolute atomic E-state index is 0.176. The maximum atomic E-state index is 13.7. The standard InChI is InChI=1S/C13H11F2N3S/c14-8-1-2-11(15)10(5-8)12-6-18-9(3-4-16)7-19-13(18)17-12/h1-2,5-7H,3-4,16H2. The van der Waals surface area contributed by atoms with E-state index in [-0.39, 0.29) is 5.56 Å². The Labute approximate surface area is 112 Å². The van der Waals surface area contributed by atoms with Crippen LogP contribution in [0, 0.1) is 11.6 Å². The predicted molar refractivity (Wildman–Crippen MR) is 71.2 cm³/mol. The predicted octanol–water partition coefficient (Wildman–Crippen LogP) is 2.84. The molecule has 0 amide bonds. The number of hydrogen-bond donors (Lipinski definition) is 1. The van der Waals surface area contributed by atoms with Crippen LogP contribution >= 0.6 is 11.3 Å². The third-order valence-corrected chi connectivity index (χ3v) is 3.78. The van der Waals surface area contributed by atoms with Crippen LogP contribution in [-0.4, -0.2) is 15.9 Å². The van der Waals surface area contributed by atoms with Crippen LogP contribution in [0.25, 0.3) is 16.2 Å². The summed E-state index contributed by atoms with van der Waals surface area (Å²) >= 11 is 1.46. The average Bonchev–Trinajstić information content (AvgIpc) is 2.95. The number of halogens is 2. The molecule has 0 spiro atoms. The number of benzene rings is 1. The first-order chi connectivity index (χ1) is 9.19. The highest BCUT2D eigenvalue weighted by Crippen LogP contribution is 2.26. The van der Waals surface area contributed by atoms with Gasteiger partial charge in [-0.2, -0.15) is 0 Å². The second-order valence-corrected chi connectivity index (χ2v) is 5.01. The van der Waals surface area contributed by atoms with Crippen LogP contribution < -0.4 is 5.73 Å². The maximum Gasteiger partial charge on any atom is 0.194 e. The second-order valence-electron chi connectivity index (χ2n) is 4.17. The Morgan fingerprint density at radius 3 is 2.95 bits per heavy atom. The molecule has 0 aliphatic heterocycles. The third kappa shape index (κ3) is 2.13. The van der Waals surface area contributed by atoms with Crippen molar-refractivity contribution in [3.8, 4) is 11.3 Å². The molecule has 0 fully saturated rings. The third-order valence-electron chi connectivity index (χ3n) is 2.89. The van der Waals surface area contributed by atoms with Gasteiger partial charge in [0.15, 0.2) is 4.96 Å².